The molecule has 0 fully saturated rings. The van der Waals surface area contributed by atoms with Crippen LogP contribution >= 0.6 is 23.2 Å². The first kappa shape index (κ1) is 22.9. The highest BCUT2D eigenvalue weighted by atomic mass is 35.5. The van der Waals surface area contributed by atoms with Crippen LogP contribution in [0.25, 0.3) is 10.8 Å². The smallest absolute Gasteiger partial charge is 0.124 e. The van der Waals surface area contributed by atoms with E-state index >= 15 is 0 Å². The van der Waals surface area contributed by atoms with Crippen LogP contribution in [-0.4, -0.2) is 19.8 Å². The Hall–Kier alpha value is -1.78. The first-order valence-corrected chi connectivity index (χ1v) is 11.3. The van der Waals surface area contributed by atoms with E-state index in [0.717, 1.165) is 56.0 Å². The first-order chi connectivity index (χ1) is 14.7. The minimum absolute atomic E-state index is 0.328. The summed E-state index contributed by atoms with van der Waals surface area (Å²) in [5, 5.41) is 7.15. The molecule has 160 valence electrons. The van der Waals surface area contributed by atoms with Gasteiger partial charge in [0.05, 0.1) is 0 Å². The largest absolute Gasteiger partial charge is 0.488 e. The molecular weight excluding hydrogens is 417 g/mol. The number of hydrogen-bond acceptors (Lipinski definition) is 3. The van der Waals surface area contributed by atoms with Crippen molar-refractivity contribution in [3.63, 3.8) is 0 Å². The molecule has 1 N–H and O–H groups in total. The van der Waals surface area contributed by atoms with Gasteiger partial charge in [-0.1, -0.05) is 72.9 Å². The monoisotopic (exact) mass is 445 g/mol. The maximum absolute atomic E-state index is 6.31. The Morgan fingerprint density at radius 1 is 0.833 bits per heavy atom. The fourth-order valence-corrected chi connectivity index (χ4v) is 3.82. The molecule has 0 radical (unpaired) electrons. The van der Waals surface area contributed by atoms with E-state index in [9.17, 15) is 0 Å². The molecule has 0 aliphatic rings. The van der Waals surface area contributed by atoms with Crippen LogP contribution in [0.15, 0.2) is 54.6 Å². The molecule has 0 saturated heterocycles. The summed E-state index contributed by atoms with van der Waals surface area (Å²) in [6.07, 6.45) is 3.28. The van der Waals surface area contributed by atoms with Crippen molar-refractivity contribution in [2.45, 2.75) is 39.3 Å². The predicted molar refractivity (Wildman–Crippen MR) is 127 cm³/mol. The van der Waals surface area contributed by atoms with Gasteiger partial charge in [-0.15, -0.1) is 0 Å². The van der Waals surface area contributed by atoms with Gasteiger partial charge in [0.2, 0.25) is 0 Å². The van der Waals surface area contributed by atoms with Crippen LogP contribution in [0.2, 0.25) is 10.0 Å². The van der Waals surface area contributed by atoms with Crippen molar-refractivity contribution < 1.29 is 9.47 Å². The van der Waals surface area contributed by atoms with Gasteiger partial charge in [-0.05, 0) is 48.4 Å². The molecule has 0 aromatic heterocycles. The number of halogens is 2. The van der Waals surface area contributed by atoms with E-state index in [-0.39, 0.29) is 0 Å². The highest BCUT2D eigenvalue weighted by Crippen LogP contribution is 2.31. The van der Waals surface area contributed by atoms with Crippen molar-refractivity contribution in [2.75, 3.05) is 19.8 Å². The predicted octanol–water partition coefficient (Wildman–Crippen LogP) is 7.02. The van der Waals surface area contributed by atoms with Gasteiger partial charge in [-0.25, -0.2) is 0 Å². The Labute approximate surface area is 189 Å². The molecule has 0 aliphatic heterocycles. The highest BCUT2D eigenvalue weighted by Gasteiger charge is 2.11. The number of hydrogen-bond donors (Lipinski definition) is 1. The molecule has 5 heteroatoms. The summed E-state index contributed by atoms with van der Waals surface area (Å²) >= 11 is 12.6. The second kappa shape index (κ2) is 12.2. The lowest BCUT2D eigenvalue weighted by atomic mass is 10.0. The van der Waals surface area contributed by atoms with Gasteiger partial charge in [0.25, 0.3) is 0 Å². The van der Waals surface area contributed by atoms with Gasteiger partial charge in [0.15, 0.2) is 0 Å². The molecule has 3 rings (SSSR count). The molecule has 30 heavy (non-hydrogen) atoms. The highest BCUT2D eigenvalue weighted by molar-refractivity contribution is 6.35. The van der Waals surface area contributed by atoms with E-state index in [0.29, 0.717) is 16.7 Å². The Morgan fingerprint density at radius 2 is 1.60 bits per heavy atom. The summed E-state index contributed by atoms with van der Waals surface area (Å²) in [6, 6.07) is 18.0. The first-order valence-electron chi connectivity index (χ1n) is 10.6. The molecule has 0 heterocycles. The normalized spacial score (nSPS) is 11.2. The van der Waals surface area contributed by atoms with Crippen LogP contribution in [-0.2, 0) is 17.9 Å². The molecule has 0 unspecified atom stereocenters. The number of fused-ring (bicyclic) bond motifs is 1. The molecule has 0 aliphatic carbocycles. The summed E-state index contributed by atoms with van der Waals surface area (Å²) < 4.78 is 11.8. The average molecular weight is 446 g/mol. The summed E-state index contributed by atoms with van der Waals surface area (Å²) in [5.41, 5.74) is 1.94. The van der Waals surface area contributed by atoms with E-state index in [1.54, 1.807) is 0 Å². The van der Waals surface area contributed by atoms with Crippen LogP contribution in [0.3, 0.4) is 0 Å². The molecule has 0 spiro atoms. The Morgan fingerprint density at radius 3 is 2.40 bits per heavy atom. The molecule has 0 saturated carbocycles. The van der Waals surface area contributed by atoms with Crippen molar-refractivity contribution >= 4 is 34.0 Å². The molecule has 0 atom stereocenters. The van der Waals surface area contributed by atoms with Gasteiger partial charge >= 0.3 is 0 Å². The zero-order chi connectivity index (χ0) is 21.2. The maximum Gasteiger partial charge on any atom is 0.124 e. The van der Waals surface area contributed by atoms with E-state index in [2.05, 4.69) is 42.6 Å². The van der Waals surface area contributed by atoms with Crippen LogP contribution in [0.1, 0.15) is 37.3 Å². The number of rotatable bonds is 12. The fourth-order valence-electron chi connectivity index (χ4n) is 3.31. The lowest BCUT2D eigenvalue weighted by Gasteiger charge is -2.16. The zero-order valence-electron chi connectivity index (χ0n) is 17.4. The molecule has 3 aromatic carbocycles. The SMILES string of the molecule is CCCCOCCCNCc1c(OCc2c(Cl)cccc2Cl)ccc2ccccc12. The second-order valence-electron chi connectivity index (χ2n) is 7.25. The number of benzene rings is 3. The third-order valence-electron chi connectivity index (χ3n) is 5.02. The second-order valence-corrected chi connectivity index (χ2v) is 8.06. The Kier molecular flexibility index (Phi) is 9.28. The molecule has 0 amide bonds. The van der Waals surface area contributed by atoms with Crippen molar-refractivity contribution in [3.8, 4) is 5.75 Å². The quantitative estimate of drug-likeness (QED) is 0.303. The number of nitrogens with one attached hydrogen (secondary N) is 1. The zero-order valence-corrected chi connectivity index (χ0v) is 18.9. The molecular formula is C25H29Cl2NO2. The third kappa shape index (κ3) is 6.36. The van der Waals surface area contributed by atoms with Crippen molar-refractivity contribution in [3.05, 3.63) is 75.8 Å². The lowest BCUT2D eigenvalue weighted by molar-refractivity contribution is 0.128. The van der Waals surface area contributed by atoms with Gasteiger partial charge in [0, 0.05) is 40.9 Å². The van der Waals surface area contributed by atoms with Gasteiger partial charge in [0.1, 0.15) is 12.4 Å². The summed E-state index contributed by atoms with van der Waals surface area (Å²) in [4.78, 5) is 0. The molecule has 0 bridgehead atoms. The topological polar surface area (TPSA) is 30.5 Å². The Balaban J connectivity index is 1.67. The molecule has 3 aromatic rings. The average Bonchev–Trinajstić information content (AvgIpc) is 2.76. The van der Waals surface area contributed by atoms with Crippen LogP contribution < -0.4 is 10.1 Å². The van der Waals surface area contributed by atoms with Crippen LogP contribution in [0.5, 0.6) is 5.75 Å². The number of unbranched alkanes of at least 4 members (excludes halogenated alkanes) is 1. The minimum Gasteiger partial charge on any atom is -0.488 e. The van der Waals surface area contributed by atoms with Crippen molar-refractivity contribution in [1.29, 1.82) is 0 Å². The van der Waals surface area contributed by atoms with E-state index in [4.69, 9.17) is 32.7 Å². The molecule has 3 nitrogen and oxygen atoms in total. The minimum atomic E-state index is 0.328. The van der Waals surface area contributed by atoms with E-state index < -0.39 is 0 Å². The number of ether oxygens (including phenoxy) is 2. The fraction of sp³-hybridized carbons (Fsp3) is 0.360. The summed E-state index contributed by atoms with van der Waals surface area (Å²) in [5.74, 6) is 0.844. The van der Waals surface area contributed by atoms with Crippen molar-refractivity contribution in [2.24, 2.45) is 0 Å². The summed E-state index contributed by atoms with van der Waals surface area (Å²) in [7, 11) is 0. The van der Waals surface area contributed by atoms with E-state index in [1.807, 2.05) is 24.3 Å². The third-order valence-corrected chi connectivity index (χ3v) is 5.73. The standard InChI is InChI=1S/C25H29Cl2NO2/c1-2-3-15-29-16-7-14-28-17-21-20-9-5-4-8-19(20)12-13-25(21)30-18-22-23(26)10-6-11-24(22)27/h4-6,8-13,28H,2-3,7,14-18H2,1H3. The van der Waals surface area contributed by atoms with Crippen LogP contribution in [0.4, 0.5) is 0 Å². The van der Waals surface area contributed by atoms with Gasteiger partial charge in [-0.3, -0.25) is 0 Å². The van der Waals surface area contributed by atoms with Crippen molar-refractivity contribution in [1.82, 2.24) is 5.32 Å². The maximum atomic E-state index is 6.31. The van der Waals surface area contributed by atoms with Gasteiger partial charge in [-0.2, -0.15) is 0 Å². The Bertz CT molecular complexity index is 925. The van der Waals surface area contributed by atoms with Gasteiger partial charge < -0.3 is 14.8 Å². The lowest BCUT2D eigenvalue weighted by Crippen LogP contribution is -2.17. The summed E-state index contributed by atoms with van der Waals surface area (Å²) in [6.45, 7) is 5.76. The van der Waals surface area contributed by atoms with Crippen LogP contribution in [0, 0.1) is 0 Å². The van der Waals surface area contributed by atoms with E-state index in [1.165, 1.54) is 17.2 Å².